The van der Waals surface area contributed by atoms with Crippen molar-refractivity contribution in [2.45, 2.75) is 13.5 Å². The molecule has 0 aliphatic heterocycles. The van der Waals surface area contributed by atoms with Crippen LogP contribution < -0.4 is 16.6 Å². The van der Waals surface area contributed by atoms with Crippen LogP contribution in [0.3, 0.4) is 0 Å². The fraction of sp³-hybridized carbons (Fsp3) is 0.267. The molecule has 6 heteroatoms. The molecule has 0 saturated heterocycles. The smallest absolute Gasteiger partial charge is 0.330 e. The lowest BCUT2D eigenvalue weighted by atomic mass is 10.1. The maximum atomic E-state index is 12.0. The Kier molecular flexibility index (Phi) is 3.94. The second kappa shape index (κ2) is 5.67. The van der Waals surface area contributed by atoms with E-state index in [-0.39, 0.29) is 17.8 Å². The van der Waals surface area contributed by atoms with Crippen molar-refractivity contribution in [3.63, 3.8) is 0 Å². The molecule has 0 saturated carbocycles. The molecule has 0 unspecified atom stereocenters. The summed E-state index contributed by atoms with van der Waals surface area (Å²) in [5.74, 6) is 0. The minimum absolute atomic E-state index is 0.249. The predicted octanol–water partition coefficient (Wildman–Crippen LogP) is 0.876. The summed E-state index contributed by atoms with van der Waals surface area (Å²) >= 11 is 0. The molecule has 0 spiro atoms. The minimum atomic E-state index is -0.364. The molecule has 1 N–H and O–H groups in total. The van der Waals surface area contributed by atoms with Crippen molar-refractivity contribution in [2.75, 3.05) is 5.32 Å². The van der Waals surface area contributed by atoms with Gasteiger partial charge in [-0.2, -0.15) is 5.26 Å². The third-order valence-corrected chi connectivity index (χ3v) is 3.37. The summed E-state index contributed by atoms with van der Waals surface area (Å²) in [4.78, 5) is 23.7. The van der Waals surface area contributed by atoms with Crippen LogP contribution in [0.4, 0.5) is 5.69 Å². The number of nitriles is 1. The molecule has 0 aliphatic carbocycles. The monoisotopic (exact) mass is 284 g/mol. The molecule has 0 radical (unpaired) electrons. The molecule has 2 aromatic rings. The van der Waals surface area contributed by atoms with Gasteiger partial charge >= 0.3 is 5.69 Å². The van der Waals surface area contributed by atoms with Crippen LogP contribution in [-0.2, 0) is 20.6 Å². The molecule has 21 heavy (non-hydrogen) atoms. The fourth-order valence-electron chi connectivity index (χ4n) is 2.16. The summed E-state index contributed by atoms with van der Waals surface area (Å²) in [5, 5.41) is 12.3. The fourth-order valence-corrected chi connectivity index (χ4v) is 2.16. The number of hydrogen-bond donors (Lipinski definition) is 1. The SMILES string of the molecule is Cc1cccc(NCc2cn(C)c(=O)n(C)c2=O)c1C#N. The van der Waals surface area contributed by atoms with Crippen LogP contribution in [0.15, 0.2) is 34.0 Å². The Morgan fingerprint density at radius 2 is 2.00 bits per heavy atom. The summed E-state index contributed by atoms with van der Waals surface area (Å²) in [7, 11) is 3.04. The second-order valence-electron chi connectivity index (χ2n) is 4.87. The summed E-state index contributed by atoms with van der Waals surface area (Å²) in [6.07, 6.45) is 1.51. The Balaban J connectivity index is 2.35. The molecule has 1 aromatic heterocycles. The normalized spacial score (nSPS) is 10.2. The third-order valence-electron chi connectivity index (χ3n) is 3.37. The van der Waals surface area contributed by atoms with Gasteiger partial charge in [-0.05, 0) is 18.6 Å². The lowest BCUT2D eigenvalue weighted by Gasteiger charge is -2.11. The lowest BCUT2D eigenvalue weighted by molar-refractivity contribution is 0.671. The predicted molar refractivity (Wildman–Crippen MR) is 80.1 cm³/mol. The van der Waals surface area contributed by atoms with E-state index in [4.69, 9.17) is 0 Å². The molecule has 0 atom stereocenters. The van der Waals surface area contributed by atoms with Crippen molar-refractivity contribution in [1.29, 1.82) is 5.26 Å². The molecule has 0 aliphatic rings. The quantitative estimate of drug-likeness (QED) is 0.907. The van der Waals surface area contributed by atoms with Gasteiger partial charge in [0.1, 0.15) is 6.07 Å². The van der Waals surface area contributed by atoms with E-state index in [0.29, 0.717) is 16.8 Å². The topological polar surface area (TPSA) is 79.8 Å². The highest BCUT2D eigenvalue weighted by atomic mass is 16.2. The van der Waals surface area contributed by atoms with E-state index in [1.165, 1.54) is 17.8 Å². The maximum absolute atomic E-state index is 12.0. The summed E-state index contributed by atoms with van der Waals surface area (Å²) in [6.45, 7) is 2.11. The van der Waals surface area contributed by atoms with Gasteiger partial charge in [0.15, 0.2) is 0 Å². The third kappa shape index (κ3) is 2.72. The van der Waals surface area contributed by atoms with Crippen molar-refractivity contribution in [3.8, 4) is 6.07 Å². The Hall–Kier alpha value is -2.81. The van der Waals surface area contributed by atoms with Gasteiger partial charge in [0.05, 0.1) is 16.8 Å². The number of benzene rings is 1. The first-order valence-corrected chi connectivity index (χ1v) is 6.45. The van der Waals surface area contributed by atoms with Crippen LogP contribution in [-0.4, -0.2) is 9.13 Å². The van der Waals surface area contributed by atoms with Gasteiger partial charge in [0.2, 0.25) is 0 Å². The highest BCUT2D eigenvalue weighted by molar-refractivity contribution is 5.60. The van der Waals surface area contributed by atoms with E-state index < -0.39 is 0 Å². The van der Waals surface area contributed by atoms with Crippen LogP contribution in [0.25, 0.3) is 0 Å². The van der Waals surface area contributed by atoms with Crippen LogP contribution in [0.2, 0.25) is 0 Å². The summed E-state index contributed by atoms with van der Waals surface area (Å²) in [6, 6.07) is 7.64. The van der Waals surface area contributed by atoms with Crippen LogP contribution in [0.1, 0.15) is 16.7 Å². The molecular formula is C15H16N4O2. The van der Waals surface area contributed by atoms with E-state index in [0.717, 1.165) is 10.1 Å². The Morgan fingerprint density at radius 1 is 1.29 bits per heavy atom. The van der Waals surface area contributed by atoms with E-state index in [9.17, 15) is 14.9 Å². The molecule has 2 rings (SSSR count). The Labute approximate surface area is 121 Å². The van der Waals surface area contributed by atoms with Crippen molar-refractivity contribution in [2.24, 2.45) is 14.1 Å². The standard InChI is InChI=1S/C15H16N4O2/c1-10-5-4-6-13(12(10)7-16)17-8-11-9-18(2)15(21)19(3)14(11)20/h4-6,9,17H,8H2,1-3H3. The van der Waals surface area contributed by atoms with Crippen LogP contribution in [0.5, 0.6) is 0 Å². The van der Waals surface area contributed by atoms with Gasteiger partial charge in [0.25, 0.3) is 5.56 Å². The number of anilines is 1. The first-order chi connectivity index (χ1) is 9.95. The highest BCUT2D eigenvalue weighted by Crippen LogP contribution is 2.18. The summed E-state index contributed by atoms with van der Waals surface area (Å²) in [5.41, 5.74) is 1.86. The number of nitrogens with one attached hydrogen (secondary N) is 1. The average Bonchev–Trinajstić information content (AvgIpc) is 2.47. The van der Waals surface area contributed by atoms with E-state index in [1.807, 2.05) is 19.1 Å². The Morgan fingerprint density at radius 3 is 2.67 bits per heavy atom. The van der Waals surface area contributed by atoms with Crippen LogP contribution in [0, 0.1) is 18.3 Å². The van der Waals surface area contributed by atoms with Gasteiger partial charge in [0, 0.05) is 26.8 Å². The highest BCUT2D eigenvalue weighted by Gasteiger charge is 2.09. The number of rotatable bonds is 3. The van der Waals surface area contributed by atoms with Gasteiger partial charge < -0.3 is 9.88 Å². The number of aromatic nitrogens is 2. The Bertz CT molecular complexity index is 840. The molecule has 0 amide bonds. The molecule has 0 fully saturated rings. The zero-order chi connectivity index (χ0) is 15.6. The maximum Gasteiger partial charge on any atom is 0.330 e. The molecular weight excluding hydrogens is 268 g/mol. The number of aryl methyl sites for hydroxylation is 2. The van der Waals surface area contributed by atoms with E-state index in [2.05, 4.69) is 11.4 Å². The molecule has 6 nitrogen and oxygen atoms in total. The van der Waals surface area contributed by atoms with Gasteiger partial charge in [-0.3, -0.25) is 9.36 Å². The second-order valence-corrected chi connectivity index (χ2v) is 4.87. The van der Waals surface area contributed by atoms with Gasteiger partial charge in [-0.1, -0.05) is 12.1 Å². The first kappa shape index (κ1) is 14.6. The molecule has 108 valence electrons. The molecule has 1 aromatic carbocycles. The number of hydrogen-bond acceptors (Lipinski definition) is 4. The van der Waals surface area contributed by atoms with E-state index in [1.54, 1.807) is 13.1 Å². The zero-order valence-corrected chi connectivity index (χ0v) is 12.2. The van der Waals surface area contributed by atoms with E-state index >= 15 is 0 Å². The minimum Gasteiger partial charge on any atom is -0.380 e. The van der Waals surface area contributed by atoms with Crippen molar-refractivity contribution in [1.82, 2.24) is 9.13 Å². The van der Waals surface area contributed by atoms with Gasteiger partial charge in [-0.15, -0.1) is 0 Å². The molecule has 1 heterocycles. The summed E-state index contributed by atoms with van der Waals surface area (Å²) < 4.78 is 2.43. The van der Waals surface area contributed by atoms with Crippen molar-refractivity contribution >= 4 is 5.69 Å². The largest absolute Gasteiger partial charge is 0.380 e. The van der Waals surface area contributed by atoms with Gasteiger partial charge in [-0.25, -0.2) is 4.79 Å². The van der Waals surface area contributed by atoms with Crippen molar-refractivity contribution < 1.29 is 0 Å². The van der Waals surface area contributed by atoms with Crippen LogP contribution >= 0.6 is 0 Å². The molecule has 0 bridgehead atoms. The average molecular weight is 284 g/mol. The zero-order valence-electron chi connectivity index (χ0n) is 12.2. The first-order valence-electron chi connectivity index (χ1n) is 6.45. The number of nitrogens with zero attached hydrogens (tertiary/aromatic N) is 3. The lowest BCUT2D eigenvalue weighted by Crippen LogP contribution is -2.38. The van der Waals surface area contributed by atoms with Crippen molar-refractivity contribution in [3.05, 3.63) is 61.9 Å².